The van der Waals surface area contributed by atoms with Gasteiger partial charge in [0.1, 0.15) is 5.57 Å². The first-order valence-electron chi connectivity index (χ1n) is 8.53. The molecule has 4 amide bonds. The molecule has 1 fully saturated rings. The number of imide groups is 2. The maximum atomic E-state index is 12.0. The van der Waals surface area contributed by atoms with Gasteiger partial charge in [0, 0.05) is 29.2 Å². The lowest BCUT2D eigenvalue weighted by atomic mass is 10.1. The first kappa shape index (κ1) is 16.8. The lowest BCUT2D eigenvalue weighted by molar-refractivity contribution is -0.123. The van der Waals surface area contributed by atoms with E-state index in [4.69, 9.17) is 0 Å². The molecule has 0 spiro atoms. The molecule has 0 atom stereocenters. The van der Waals surface area contributed by atoms with Crippen molar-refractivity contribution in [2.75, 3.05) is 0 Å². The molecular formula is C21H17N3O3. The number of amides is 4. The quantitative estimate of drug-likeness (QED) is 0.557. The largest absolute Gasteiger partial charge is 0.342 e. The third-order valence-electron chi connectivity index (χ3n) is 4.50. The molecular weight excluding hydrogens is 342 g/mol. The van der Waals surface area contributed by atoms with Crippen molar-refractivity contribution < 1.29 is 14.4 Å². The van der Waals surface area contributed by atoms with Crippen LogP contribution in [0.1, 0.15) is 16.7 Å². The molecule has 0 aliphatic carbocycles. The van der Waals surface area contributed by atoms with Gasteiger partial charge < -0.3 is 4.57 Å². The van der Waals surface area contributed by atoms with Crippen LogP contribution in [0.2, 0.25) is 0 Å². The average Bonchev–Trinajstić information content (AvgIpc) is 2.96. The number of aromatic nitrogens is 1. The highest BCUT2D eigenvalue weighted by molar-refractivity contribution is 6.31. The monoisotopic (exact) mass is 359 g/mol. The fourth-order valence-corrected chi connectivity index (χ4v) is 3.29. The summed E-state index contributed by atoms with van der Waals surface area (Å²) in [5.74, 6) is -1.39. The van der Waals surface area contributed by atoms with Gasteiger partial charge in [-0.1, -0.05) is 48.0 Å². The van der Waals surface area contributed by atoms with Gasteiger partial charge >= 0.3 is 6.03 Å². The van der Waals surface area contributed by atoms with E-state index < -0.39 is 17.8 Å². The molecule has 1 aliphatic heterocycles. The minimum absolute atomic E-state index is 0.0898. The predicted octanol–water partition coefficient (Wildman–Crippen LogP) is 2.75. The molecule has 4 rings (SSSR count). The number of aryl methyl sites for hydroxylation is 1. The minimum atomic E-state index is -0.802. The molecule has 0 radical (unpaired) electrons. The maximum absolute atomic E-state index is 12.0. The van der Waals surface area contributed by atoms with E-state index in [0.29, 0.717) is 6.54 Å². The zero-order valence-corrected chi connectivity index (χ0v) is 14.7. The van der Waals surface area contributed by atoms with Crippen molar-refractivity contribution >= 4 is 34.8 Å². The number of nitrogens with zero attached hydrogens (tertiary/aromatic N) is 1. The number of hydrogen-bond acceptors (Lipinski definition) is 3. The van der Waals surface area contributed by atoms with E-state index in [1.54, 1.807) is 0 Å². The molecule has 6 heteroatoms. The SMILES string of the molecule is Cc1cccc(Cn2cc(C=C3C(=O)NC(=O)NC3=O)c3ccccc32)c1. The zero-order chi connectivity index (χ0) is 19.0. The molecule has 6 nitrogen and oxygen atoms in total. The second-order valence-corrected chi connectivity index (χ2v) is 6.51. The number of urea groups is 1. The average molecular weight is 359 g/mol. The summed E-state index contributed by atoms with van der Waals surface area (Å²) in [7, 11) is 0. The maximum Gasteiger partial charge on any atom is 0.328 e. The number of carbonyl (C=O) groups is 3. The lowest BCUT2D eigenvalue weighted by Gasteiger charge is -2.13. The third-order valence-corrected chi connectivity index (χ3v) is 4.50. The molecule has 2 heterocycles. The number of hydrogen-bond donors (Lipinski definition) is 2. The molecule has 1 aromatic heterocycles. The minimum Gasteiger partial charge on any atom is -0.342 e. The van der Waals surface area contributed by atoms with E-state index in [-0.39, 0.29) is 5.57 Å². The summed E-state index contributed by atoms with van der Waals surface area (Å²) in [4.78, 5) is 35.3. The Kier molecular flexibility index (Phi) is 4.08. The van der Waals surface area contributed by atoms with Gasteiger partial charge in [-0.25, -0.2) is 4.79 Å². The van der Waals surface area contributed by atoms with Crippen LogP contribution in [0, 0.1) is 6.92 Å². The fourth-order valence-electron chi connectivity index (χ4n) is 3.29. The molecule has 2 N–H and O–H groups in total. The number of carbonyl (C=O) groups excluding carboxylic acids is 3. The van der Waals surface area contributed by atoms with Crippen LogP contribution < -0.4 is 10.6 Å². The van der Waals surface area contributed by atoms with E-state index in [1.165, 1.54) is 11.6 Å². The Morgan fingerprint density at radius 3 is 2.44 bits per heavy atom. The van der Waals surface area contributed by atoms with Gasteiger partial charge in [0.15, 0.2) is 0 Å². The van der Waals surface area contributed by atoms with Gasteiger partial charge in [0.25, 0.3) is 11.8 Å². The fraction of sp³-hybridized carbons (Fsp3) is 0.0952. The van der Waals surface area contributed by atoms with Crippen LogP contribution in [-0.4, -0.2) is 22.4 Å². The molecule has 2 aromatic carbocycles. The Morgan fingerprint density at radius 1 is 0.963 bits per heavy atom. The number of rotatable bonds is 3. The molecule has 0 saturated carbocycles. The van der Waals surface area contributed by atoms with Gasteiger partial charge in [-0.05, 0) is 24.6 Å². The van der Waals surface area contributed by atoms with Crippen LogP contribution >= 0.6 is 0 Å². The molecule has 27 heavy (non-hydrogen) atoms. The van der Waals surface area contributed by atoms with Crippen molar-refractivity contribution in [2.24, 2.45) is 0 Å². The summed E-state index contributed by atoms with van der Waals surface area (Å²) in [5.41, 5.74) is 4.00. The van der Waals surface area contributed by atoms with E-state index in [9.17, 15) is 14.4 Å². The topological polar surface area (TPSA) is 80.2 Å². The second kappa shape index (κ2) is 6.57. The van der Waals surface area contributed by atoms with Crippen molar-refractivity contribution in [1.29, 1.82) is 0 Å². The zero-order valence-electron chi connectivity index (χ0n) is 14.7. The van der Waals surface area contributed by atoms with Crippen LogP contribution in [0.25, 0.3) is 17.0 Å². The number of barbiturate groups is 1. The van der Waals surface area contributed by atoms with Gasteiger partial charge in [-0.15, -0.1) is 0 Å². The van der Waals surface area contributed by atoms with Crippen LogP contribution in [0.15, 0.2) is 60.3 Å². The number of fused-ring (bicyclic) bond motifs is 1. The summed E-state index contributed by atoms with van der Waals surface area (Å²) < 4.78 is 2.08. The standard InChI is InChI=1S/C21H17N3O3/c1-13-5-4-6-14(9-13)11-24-12-15(16-7-2-3-8-18(16)24)10-17-19(25)22-21(27)23-20(17)26/h2-10,12H,11H2,1H3,(H2,22,23,25,26,27). The second-order valence-electron chi connectivity index (χ2n) is 6.51. The van der Waals surface area contributed by atoms with E-state index in [1.807, 2.05) is 36.5 Å². The molecule has 134 valence electrons. The smallest absolute Gasteiger partial charge is 0.328 e. The highest BCUT2D eigenvalue weighted by atomic mass is 16.2. The predicted molar refractivity (Wildman–Crippen MR) is 102 cm³/mol. The van der Waals surface area contributed by atoms with E-state index in [0.717, 1.165) is 22.0 Å². The summed E-state index contributed by atoms with van der Waals surface area (Å²) in [5, 5.41) is 5.12. The Balaban J connectivity index is 1.78. The first-order valence-corrected chi connectivity index (χ1v) is 8.53. The number of benzene rings is 2. The highest BCUT2D eigenvalue weighted by Crippen LogP contribution is 2.25. The van der Waals surface area contributed by atoms with Crippen LogP contribution in [-0.2, 0) is 16.1 Å². The molecule has 0 unspecified atom stereocenters. The molecule has 3 aromatic rings. The van der Waals surface area contributed by atoms with Crippen LogP contribution in [0.3, 0.4) is 0 Å². The number of nitrogens with one attached hydrogen (secondary N) is 2. The van der Waals surface area contributed by atoms with Crippen LogP contribution in [0.4, 0.5) is 4.79 Å². The van der Waals surface area contributed by atoms with Crippen molar-refractivity contribution in [3.63, 3.8) is 0 Å². The normalized spacial score (nSPS) is 14.3. The van der Waals surface area contributed by atoms with Crippen molar-refractivity contribution in [2.45, 2.75) is 13.5 Å². The van der Waals surface area contributed by atoms with Gasteiger partial charge in [-0.3, -0.25) is 20.2 Å². The third kappa shape index (κ3) is 3.25. The summed E-state index contributed by atoms with van der Waals surface area (Å²) in [6.45, 7) is 2.72. The van der Waals surface area contributed by atoms with Crippen LogP contribution in [0.5, 0.6) is 0 Å². The first-order chi connectivity index (χ1) is 13.0. The summed E-state index contributed by atoms with van der Waals surface area (Å²) in [6, 6.07) is 15.3. The van der Waals surface area contributed by atoms with Crippen molar-refractivity contribution in [3.05, 3.63) is 77.0 Å². The van der Waals surface area contributed by atoms with Crippen molar-refractivity contribution in [1.82, 2.24) is 15.2 Å². The van der Waals surface area contributed by atoms with Gasteiger partial charge in [-0.2, -0.15) is 0 Å². The summed E-state index contributed by atoms with van der Waals surface area (Å²) >= 11 is 0. The van der Waals surface area contributed by atoms with Crippen molar-refractivity contribution in [3.8, 4) is 0 Å². The summed E-state index contributed by atoms with van der Waals surface area (Å²) in [6.07, 6.45) is 3.43. The Morgan fingerprint density at radius 2 is 1.70 bits per heavy atom. The molecule has 0 bridgehead atoms. The van der Waals surface area contributed by atoms with Gasteiger partial charge in [0.05, 0.1) is 0 Å². The van der Waals surface area contributed by atoms with E-state index in [2.05, 4.69) is 40.3 Å². The number of para-hydroxylation sites is 1. The lowest BCUT2D eigenvalue weighted by Crippen LogP contribution is -2.51. The van der Waals surface area contributed by atoms with Gasteiger partial charge in [0.2, 0.25) is 0 Å². The Bertz CT molecular complexity index is 1100. The Labute approximate surface area is 155 Å². The highest BCUT2D eigenvalue weighted by Gasteiger charge is 2.28. The van der Waals surface area contributed by atoms with E-state index >= 15 is 0 Å². The molecule has 1 saturated heterocycles. The Hall–Kier alpha value is -3.67. The molecule has 1 aliphatic rings.